The quantitative estimate of drug-likeness (QED) is 0.799. The molecule has 2 heterocycles. The molecule has 1 N–H and O–H groups in total. The molecule has 1 aliphatic carbocycles. The highest BCUT2D eigenvalue weighted by Gasteiger charge is 2.61. The molecule has 0 bridgehead atoms. The number of amidine groups is 1. The van der Waals surface area contributed by atoms with Crippen molar-refractivity contribution in [2.24, 2.45) is 16.8 Å². The Bertz CT molecular complexity index is 797. The SMILES string of the molecule is CCC1=N[C@@]2(CC[C@@H]3CN(C(=O)NCc4ccccc4)C[C@@H]32)C(=O)N1CCOC. The number of likely N-dealkylation sites (tertiary alicyclic amines) is 1. The molecular formula is C22H30N4O3. The molecule has 2 fully saturated rings. The van der Waals surface area contributed by atoms with E-state index in [9.17, 15) is 9.59 Å². The maximum absolute atomic E-state index is 13.4. The molecule has 4 rings (SSSR count). The van der Waals surface area contributed by atoms with Gasteiger partial charge < -0.3 is 15.0 Å². The smallest absolute Gasteiger partial charge is 0.317 e. The fourth-order valence-corrected chi connectivity index (χ4v) is 5.12. The minimum Gasteiger partial charge on any atom is -0.383 e. The minimum absolute atomic E-state index is 0.0558. The number of carbonyl (C=O) groups excluding carboxylic acids is 2. The van der Waals surface area contributed by atoms with Gasteiger partial charge in [-0.3, -0.25) is 14.7 Å². The summed E-state index contributed by atoms with van der Waals surface area (Å²) in [6.45, 7) is 4.89. The Balaban J connectivity index is 1.44. The van der Waals surface area contributed by atoms with Crippen molar-refractivity contribution >= 4 is 17.8 Å². The average Bonchev–Trinajstić information content (AvgIpc) is 3.40. The van der Waals surface area contributed by atoms with Gasteiger partial charge >= 0.3 is 6.03 Å². The second kappa shape index (κ2) is 8.14. The van der Waals surface area contributed by atoms with E-state index in [4.69, 9.17) is 9.73 Å². The third kappa shape index (κ3) is 3.52. The number of benzene rings is 1. The average molecular weight is 399 g/mol. The molecule has 156 valence electrons. The molecule has 3 aliphatic rings. The minimum atomic E-state index is -0.682. The third-order valence-corrected chi connectivity index (χ3v) is 6.62. The Kier molecular flexibility index (Phi) is 5.58. The number of rotatable bonds is 6. The van der Waals surface area contributed by atoms with Gasteiger partial charge in [0.15, 0.2) is 0 Å². The van der Waals surface area contributed by atoms with Gasteiger partial charge in [-0.05, 0) is 24.3 Å². The van der Waals surface area contributed by atoms with Crippen LogP contribution in [0, 0.1) is 11.8 Å². The van der Waals surface area contributed by atoms with Crippen molar-refractivity contribution in [2.45, 2.75) is 38.3 Å². The summed E-state index contributed by atoms with van der Waals surface area (Å²) in [7, 11) is 1.65. The van der Waals surface area contributed by atoms with Gasteiger partial charge in [-0.1, -0.05) is 37.3 Å². The number of nitrogens with one attached hydrogen (secondary N) is 1. The van der Waals surface area contributed by atoms with Crippen molar-refractivity contribution in [3.05, 3.63) is 35.9 Å². The molecule has 7 nitrogen and oxygen atoms in total. The molecule has 1 aromatic rings. The van der Waals surface area contributed by atoms with Gasteiger partial charge in [-0.15, -0.1) is 0 Å². The fraction of sp³-hybridized carbons (Fsp3) is 0.591. The summed E-state index contributed by atoms with van der Waals surface area (Å²) >= 11 is 0. The Morgan fingerprint density at radius 2 is 2.10 bits per heavy atom. The van der Waals surface area contributed by atoms with Crippen LogP contribution in [0.15, 0.2) is 35.3 Å². The number of fused-ring (bicyclic) bond motifs is 2. The molecule has 7 heteroatoms. The van der Waals surface area contributed by atoms with Crippen LogP contribution in [0.25, 0.3) is 0 Å². The lowest BCUT2D eigenvalue weighted by Crippen LogP contribution is -2.48. The number of carbonyl (C=O) groups is 2. The van der Waals surface area contributed by atoms with Crippen molar-refractivity contribution < 1.29 is 14.3 Å². The largest absolute Gasteiger partial charge is 0.383 e. The lowest BCUT2D eigenvalue weighted by molar-refractivity contribution is -0.132. The first-order valence-corrected chi connectivity index (χ1v) is 10.6. The van der Waals surface area contributed by atoms with Gasteiger partial charge in [0.25, 0.3) is 5.91 Å². The van der Waals surface area contributed by atoms with Crippen LogP contribution in [0.4, 0.5) is 4.79 Å². The summed E-state index contributed by atoms with van der Waals surface area (Å²) in [6.07, 6.45) is 2.46. The van der Waals surface area contributed by atoms with Crippen LogP contribution in [0.2, 0.25) is 0 Å². The first-order valence-electron chi connectivity index (χ1n) is 10.6. The number of hydrogen-bond donors (Lipinski definition) is 1. The van der Waals surface area contributed by atoms with Crippen LogP contribution in [0.3, 0.4) is 0 Å². The van der Waals surface area contributed by atoms with Gasteiger partial charge in [0.05, 0.1) is 13.2 Å². The lowest BCUT2D eigenvalue weighted by atomic mass is 9.85. The summed E-state index contributed by atoms with van der Waals surface area (Å²) < 4.78 is 5.18. The van der Waals surface area contributed by atoms with Gasteiger partial charge in [-0.25, -0.2) is 4.79 Å². The highest BCUT2D eigenvalue weighted by atomic mass is 16.5. The molecule has 0 radical (unpaired) electrons. The van der Waals surface area contributed by atoms with Crippen LogP contribution in [0.1, 0.15) is 31.7 Å². The Labute approximate surface area is 172 Å². The van der Waals surface area contributed by atoms with E-state index in [-0.39, 0.29) is 17.9 Å². The number of urea groups is 1. The number of hydrogen-bond acceptors (Lipinski definition) is 4. The van der Waals surface area contributed by atoms with E-state index in [0.717, 1.165) is 30.7 Å². The standard InChI is InChI=1S/C22H30N4O3/c1-3-19-24-22(20(27)26(19)11-12-29-2)10-9-17-14-25(15-18(17)22)21(28)23-13-16-7-5-4-6-8-16/h4-8,17-18H,3,9-15H2,1-2H3,(H,23,28)/t17-,18+,22-/m1/s1. The maximum Gasteiger partial charge on any atom is 0.317 e. The van der Waals surface area contributed by atoms with Gasteiger partial charge in [0.1, 0.15) is 11.4 Å². The highest BCUT2D eigenvalue weighted by Crippen LogP contribution is 2.50. The predicted octanol–water partition coefficient (Wildman–Crippen LogP) is 2.27. The first-order chi connectivity index (χ1) is 14.1. The van der Waals surface area contributed by atoms with Gasteiger partial charge in [0, 0.05) is 39.1 Å². The van der Waals surface area contributed by atoms with E-state index in [2.05, 4.69) is 5.32 Å². The molecule has 0 unspecified atom stereocenters. The van der Waals surface area contributed by atoms with E-state index < -0.39 is 5.54 Å². The predicted molar refractivity (Wildman–Crippen MR) is 111 cm³/mol. The summed E-state index contributed by atoms with van der Waals surface area (Å²) in [5.41, 5.74) is 0.395. The van der Waals surface area contributed by atoms with Crippen LogP contribution in [-0.4, -0.2) is 66.5 Å². The number of nitrogens with zero attached hydrogens (tertiary/aromatic N) is 3. The summed E-state index contributed by atoms with van der Waals surface area (Å²) in [5.74, 6) is 1.40. The summed E-state index contributed by atoms with van der Waals surface area (Å²) in [5, 5.41) is 3.02. The monoisotopic (exact) mass is 398 g/mol. The van der Waals surface area contributed by atoms with E-state index >= 15 is 0 Å². The van der Waals surface area contributed by atoms with E-state index in [1.807, 2.05) is 47.1 Å². The van der Waals surface area contributed by atoms with Gasteiger partial charge in [-0.2, -0.15) is 0 Å². The Hall–Kier alpha value is -2.41. The normalized spacial score (nSPS) is 28.2. The second-order valence-corrected chi connectivity index (χ2v) is 8.21. The van der Waals surface area contributed by atoms with Crippen molar-refractivity contribution in [1.82, 2.24) is 15.1 Å². The zero-order chi connectivity index (χ0) is 20.4. The Morgan fingerprint density at radius 3 is 2.83 bits per heavy atom. The lowest BCUT2D eigenvalue weighted by Gasteiger charge is -2.28. The topological polar surface area (TPSA) is 74.2 Å². The zero-order valence-electron chi connectivity index (χ0n) is 17.3. The molecule has 1 saturated carbocycles. The number of aliphatic imine (C=N–C) groups is 1. The number of methoxy groups -OCH3 is 1. The molecule has 1 spiro atoms. The molecule has 3 amide bonds. The maximum atomic E-state index is 13.4. The van der Waals surface area contributed by atoms with Crippen LogP contribution < -0.4 is 5.32 Å². The van der Waals surface area contributed by atoms with Crippen molar-refractivity contribution in [1.29, 1.82) is 0 Å². The van der Waals surface area contributed by atoms with Crippen LogP contribution >= 0.6 is 0 Å². The van der Waals surface area contributed by atoms with Crippen LogP contribution in [-0.2, 0) is 16.1 Å². The third-order valence-electron chi connectivity index (χ3n) is 6.62. The molecule has 0 aromatic heterocycles. The molecule has 2 aliphatic heterocycles. The fourth-order valence-electron chi connectivity index (χ4n) is 5.12. The molecular weight excluding hydrogens is 368 g/mol. The van der Waals surface area contributed by atoms with Crippen molar-refractivity contribution in [3.63, 3.8) is 0 Å². The first kappa shape index (κ1) is 19.9. The van der Waals surface area contributed by atoms with E-state index in [1.165, 1.54) is 0 Å². The van der Waals surface area contributed by atoms with Gasteiger partial charge in [0.2, 0.25) is 0 Å². The second-order valence-electron chi connectivity index (χ2n) is 8.21. The number of amides is 3. The van der Waals surface area contributed by atoms with Crippen molar-refractivity contribution in [2.75, 3.05) is 33.4 Å². The zero-order valence-corrected chi connectivity index (χ0v) is 17.3. The Morgan fingerprint density at radius 1 is 1.31 bits per heavy atom. The highest BCUT2D eigenvalue weighted by molar-refractivity contribution is 6.08. The molecule has 3 atom stereocenters. The molecule has 1 aromatic carbocycles. The summed E-state index contributed by atoms with van der Waals surface area (Å²) in [4.78, 5) is 34.7. The number of ether oxygens (including phenoxy) is 1. The van der Waals surface area contributed by atoms with E-state index in [0.29, 0.717) is 38.7 Å². The molecule has 29 heavy (non-hydrogen) atoms. The van der Waals surface area contributed by atoms with Crippen molar-refractivity contribution in [3.8, 4) is 0 Å². The van der Waals surface area contributed by atoms with Crippen LogP contribution in [0.5, 0.6) is 0 Å². The molecule has 1 saturated heterocycles. The summed E-state index contributed by atoms with van der Waals surface area (Å²) in [6, 6.07) is 9.85. The van der Waals surface area contributed by atoms with E-state index in [1.54, 1.807) is 7.11 Å².